The van der Waals surface area contributed by atoms with Gasteiger partial charge in [0.2, 0.25) is 0 Å². The number of imide groups is 1. The number of urea groups is 1. The van der Waals surface area contributed by atoms with Gasteiger partial charge in [-0.1, -0.05) is 12.1 Å². The molecule has 1 N–H and O–H groups in total. The number of carbonyl (C=O) groups is 2. The third kappa shape index (κ3) is 3.51. The van der Waals surface area contributed by atoms with E-state index in [2.05, 4.69) is 15.2 Å². The molecule has 2 heterocycles. The number of hydrazone groups is 1. The van der Waals surface area contributed by atoms with Crippen LogP contribution in [0.2, 0.25) is 0 Å². The van der Waals surface area contributed by atoms with Crippen LogP contribution in [-0.2, 0) is 10.3 Å². The molecule has 2 aromatic rings. The Kier molecular flexibility index (Phi) is 4.78. The second-order valence-corrected chi connectivity index (χ2v) is 5.75. The van der Waals surface area contributed by atoms with Crippen LogP contribution in [0.1, 0.15) is 18.2 Å². The number of nitrogens with one attached hydrogen (secondary N) is 1. The van der Waals surface area contributed by atoms with E-state index in [1.54, 1.807) is 0 Å². The molecule has 0 bridgehead atoms. The van der Waals surface area contributed by atoms with E-state index in [-0.39, 0.29) is 11.5 Å². The minimum absolute atomic E-state index is 0.0330. The van der Waals surface area contributed by atoms with E-state index in [1.165, 1.54) is 37.3 Å². The van der Waals surface area contributed by atoms with Gasteiger partial charge in [0, 0.05) is 0 Å². The Hall–Kier alpha value is -3.83. The van der Waals surface area contributed by atoms with Crippen LogP contribution in [0.3, 0.4) is 0 Å². The lowest BCUT2D eigenvalue weighted by atomic mass is 9.92. The normalized spacial score (nSPS) is 19.5. The standard InChI is InChI=1S/C16H12F2N4O6/c1-16(9-2-4-10(5-3-9)28-14(17)18)13(23)21(15(24)20-16)19-8-11-6-7-12(27-11)22(25)26/h2-8,14H,1H3,(H,20,24)/b19-8-/t16-/m1/s1. The van der Waals surface area contributed by atoms with E-state index in [0.717, 1.165) is 12.3 Å². The number of amides is 3. The second kappa shape index (κ2) is 7.06. The largest absolute Gasteiger partial charge is 0.435 e. The smallest absolute Gasteiger partial charge is 0.433 e. The maximum Gasteiger partial charge on any atom is 0.433 e. The first kappa shape index (κ1) is 18.9. The molecule has 0 aliphatic carbocycles. The lowest BCUT2D eigenvalue weighted by molar-refractivity contribution is -0.402. The highest BCUT2D eigenvalue weighted by molar-refractivity contribution is 6.07. The van der Waals surface area contributed by atoms with E-state index in [1.807, 2.05) is 0 Å². The van der Waals surface area contributed by atoms with Crippen molar-refractivity contribution in [1.82, 2.24) is 10.3 Å². The summed E-state index contributed by atoms with van der Waals surface area (Å²) in [5.41, 5.74) is -1.17. The molecule has 12 heteroatoms. The number of hydrogen-bond acceptors (Lipinski definition) is 7. The van der Waals surface area contributed by atoms with E-state index in [4.69, 9.17) is 4.42 Å². The highest BCUT2D eigenvalue weighted by Gasteiger charge is 2.49. The van der Waals surface area contributed by atoms with Crippen LogP contribution in [0.5, 0.6) is 5.75 Å². The Balaban J connectivity index is 1.79. The molecule has 28 heavy (non-hydrogen) atoms. The summed E-state index contributed by atoms with van der Waals surface area (Å²) in [7, 11) is 0. The maximum absolute atomic E-state index is 12.7. The molecule has 1 aliphatic heterocycles. The van der Waals surface area contributed by atoms with Gasteiger partial charge >= 0.3 is 18.5 Å². The Morgan fingerprint density at radius 1 is 1.29 bits per heavy atom. The number of hydrogen-bond donors (Lipinski definition) is 1. The van der Waals surface area contributed by atoms with Crippen molar-refractivity contribution >= 4 is 24.0 Å². The molecule has 1 aromatic carbocycles. The van der Waals surface area contributed by atoms with Gasteiger partial charge in [-0.3, -0.25) is 14.9 Å². The van der Waals surface area contributed by atoms with Gasteiger partial charge in [0.15, 0.2) is 5.76 Å². The van der Waals surface area contributed by atoms with Crippen molar-refractivity contribution in [2.75, 3.05) is 0 Å². The molecule has 1 saturated heterocycles. The van der Waals surface area contributed by atoms with Crippen molar-refractivity contribution in [1.29, 1.82) is 0 Å². The molecule has 1 atom stereocenters. The number of furan rings is 1. The fourth-order valence-electron chi connectivity index (χ4n) is 2.52. The zero-order valence-electron chi connectivity index (χ0n) is 14.2. The van der Waals surface area contributed by atoms with E-state index in [9.17, 15) is 28.5 Å². The van der Waals surface area contributed by atoms with Crippen molar-refractivity contribution in [2.45, 2.75) is 19.1 Å². The van der Waals surface area contributed by atoms with Gasteiger partial charge in [-0.25, -0.2) is 4.79 Å². The number of rotatable bonds is 6. The summed E-state index contributed by atoms with van der Waals surface area (Å²) >= 11 is 0. The number of carbonyl (C=O) groups excluding carboxylic acids is 2. The van der Waals surface area contributed by atoms with Crippen LogP contribution in [0, 0.1) is 10.1 Å². The lowest BCUT2D eigenvalue weighted by Crippen LogP contribution is -2.40. The van der Waals surface area contributed by atoms with Gasteiger partial charge in [0.05, 0.1) is 12.3 Å². The minimum atomic E-state index is -2.99. The summed E-state index contributed by atoms with van der Waals surface area (Å²) in [5, 5.41) is 17.3. The minimum Gasteiger partial charge on any atom is -0.435 e. The molecule has 3 amide bonds. The third-order valence-electron chi connectivity index (χ3n) is 3.92. The fourth-order valence-corrected chi connectivity index (χ4v) is 2.52. The van der Waals surface area contributed by atoms with Gasteiger partial charge in [-0.15, -0.1) is 5.01 Å². The van der Waals surface area contributed by atoms with Gasteiger partial charge in [0.25, 0.3) is 5.91 Å². The Bertz CT molecular complexity index is 958. The topological polar surface area (TPSA) is 127 Å². The average Bonchev–Trinajstić information content (AvgIpc) is 3.18. The van der Waals surface area contributed by atoms with Crippen LogP contribution in [0.25, 0.3) is 0 Å². The second-order valence-electron chi connectivity index (χ2n) is 5.75. The summed E-state index contributed by atoms with van der Waals surface area (Å²) in [5.74, 6) is -1.39. The van der Waals surface area contributed by atoms with Crippen molar-refractivity contribution < 1.29 is 32.4 Å². The van der Waals surface area contributed by atoms with E-state index in [0.29, 0.717) is 10.6 Å². The van der Waals surface area contributed by atoms with Crippen LogP contribution >= 0.6 is 0 Å². The summed E-state index contributed by atoms with van der Waals surface area (Å²) in [4.78, 5) is 34.7. The first-order valence-corrected chi connectivity index (χ1v) is 7.71. The number of ether oxygens (including phenoxy) is 1. The molecule has 0 unspecified atom stereocenters. The molecule has 1 aromatic heterocycles. The van der Waals surface area contributed by atoms with Gasteiger partial charge in [-0.2, -0.15) is 13.9 Å². The summed E-state index contributed by atoms with van der Waals surface area (Å²) in [6.07, 6.45) is 0.982. The molecule has 0 saturated carbocycles. The zero-order chi connectivity index (χ0) is 20.5. The first-order valence-electron chi connectivity index (χ1n) is 7.71. The van der Waals surface area contributed by atoms with Crippen molar-refractivity contribution in [3.8, 4) is 5.75 Å². The zero-order valence-corrected chi connectivity index (χ0v) is 14.2. The fraction of sp³-hybridized carbons (Fsp3) is 0.188. The molecular formula is C16H12F2N4O6. The van der Waals surface area contributed by atoms with Gasteiger partial charge < -0.3 is 14.5 Å². The molecule has 146 valence electrons. The maximum atomic E-state index is 12.7. The molecule has 0 radical (unpaired) electrons. The number of benzene rings is 1. The van der Waals surface area contributed by atoms with Crippen LogP contribution in [0.15, 0.2) is 45.9 Å². The number of halogens is 2. The Morgan fingerprint density at radius 2 is 1.96 bits per heavy atom. The Labute approximate surface area is 155 Å². The molecule has 1 fully saturated rings. The molecule has 3 rings (SSSR count). The first-order chi connectivity index (χ1) is 13.2. The van der Waals surface area contributed by atoms with E-state index < -0.39 is 34.9 Å². The van der Waals surface area contributed by atoms with Crippen LogP contribution < -0.4 is 10.1 Å². The quantitative estimate of drug-likeness (QED) is 0.347. The number of alkyl halides is 2. The summed E-state index contributed by atoms with van der Waals surface area (Å²) < 4.78 is 33.6. The number of nitrogens with zero attached hydrogens (tertiary/aromatic N) is 3. The average molecular weight is 394 g/mol. The monoisotopic (exact) mass is 394 g/mol. The molecular weight excluding hydrogens is 382 g/mol. The third-order valence-corrected chi connectivity index (χ3v) is 3.92. The van der Waals surface area contributed by atoms with Crippen molar-refractivity contribution in [3.05, 3.63) is 57.8 Å². The predicted octanol–water partition coefficient (Wildman–Crippen LogP) is 2.59. The Morgan fingerprint density at radius 3 is 2.54 bits per heavy atom. The van der Waals surface area contributed by atoms with Gasteiger partial charge in [-0.05, 0) is 30.7 Å². The van der Waals surface area contributed by atoms with E-state index >= 15 is 0 Å². The van der Waals surface area contributed by atoms with Crippen molar-refractivity contribution in [3.63, 3.8) is 0 Å². The van der Waals surface area contributed by atoms with Gasteiger partial charge in [0.1, 0.15) is 16.2 Å². The molecule has 1 aliphatic rings. The summed E-state index contributed by atoms with van der Waals surface area (Å²) in [6.45, 7) is -1.57. The van der Waals surface area contributed by atoms with Crippen LogP contribution in [0.4, 0.5) is 19.5 Å². The molecule has 0 spiro atoms. The van der Waals surface area contributed by atoms with Crippen LogP contribution in [-0.4, -0.2) is 34.7 Å². The predicted molar refractivity (Wildman–Crippen MR) is 88.8 cm³/mol. The molecule has 10 nitrogen and oxygen atoms in total. The lowest BCUT2D eigenvalue weighted by Gasteiger charge is -2.21. The number of nitro groups is 1. The highest BCUT2D eigenvalue weighted by atomic mass is 19.3. The van der Waals surface area contributed by atoms with Crippen molar-refractivity contribution in [2.24, 2.45) is 5.10 Å². The SMILES string of the molecule is C[C@]1(c2ccc(OC(F)F)cc2)NC(=O)N(/N=C\c2ccc([N+](=O)[O-])o2)C1=O. The highest BCUT2D eigenvalue weighted by Crippen LogP contribution is 2.30. The summed E-state index contributed by atoms with van der Waals surface area (Å²) in [6, 6.07) is 6.71.